The number of β-amino-alcohol motifs (C(OH)–C–C–N with tert-alkyl or cyclic N) is 1. The van der Waals surface area contributed by atoms with Crippen LogP contribution in [0.25, 0.3) is 11.1 Å². The van der Waals surface area contributed by atoms with Crippen molar-refractivity contribution in [1.29, 1.82) is 0 Å². The van der Waals surface area contributed by atoms with Crippen LogP contribution in [0.5, 0.6) is 5.75 Å². The molecule has 1 aliphatic rings. The molecule has 8 nitrogen and oxygen atoms in total. The van der Waals surface area contributed by atoms with Crippen LogP contribution in [-0.4, -0.2) is 60.1 Å². The fourth-order valence-electron chi connectivity index (χ4n) is 3.77. The molecule has 2 aromatic heterocycles. The molecule has 4 rings (SSSR count). The molecule has 1 saturated heterocycles. The van der Waals surface area contributed by atoms with Crippen molar-refractivity contribution in [2.24, 2.45) is 0 Å². The molecule has 9 heteroatoms. The summed E-state index contributed by atoms with van der Waals surface area (Å²) >= 11 is 0. The van der Waals surface area contributed by atoms with Crippen LogP contribution >= 0.6 is 0 Å². The summed E-state index contributed by atoms with van der Waals surface area (Å²) in [5.74, 6) is 1.28. The van der Waals surface area contributed by atoms with Gasteiger partial charge in [0, 0.05) is 31.0 Å². The number of anilines is 1. The number of nitrogens with one attached hydrogen (secondary N) is 1. The highest BCUT2D eigenvalue weighted by atomic mass is 32.2. The maximum atomic E-state index is 13.2. The van der Waals surface area contributed by atoms with Crippen molar-refractivity contribution in [3.63, 3.8) is 0 Å². The molecule has 0 spiro atoms. The third-order valence-electron chi connectivity index (χ3n) is 5.60. The first-order chi connectivity index (χ1) is 15.4. The summed E-state index contributed by atoms with van der Waals surface area (Å²) in [5, 5.41) is 13.8. The highest BCUT2D eigenvalue weighted by Gasteiger charge is 2.34. The molecule has 2 atom stereocenters. The van der Waals surface area contributed by atoms with Crippen molar-refractivity contribution in [3.8, 4) is 16.9 Å². The van der Waals surface area contributed by atoms with Crippen LogP contribution in [0, 0.1) is 6.92 Å². The first-order valence-corrected chi connectivity index (χ1v) is 11.8. The number of hydrogen-bond acceptors (Lipinski definition) is 7. The molecule has 1 fully saturated rings. The highest BCUT2D eigenvalue weighted by molar-refractivity contribution is 7.89. The SMILES string of the molecule is COc1cnccc1-c1ccc(S(=O)(=O)N2CC[C@@H](Nc3ccc(C)cn3)[C@@H](O)C2)cc1. The van der Waals surface area contributed by atoms with E-state index in [2.05, 4.69) is 15.3 Å². The minimum atomic E-state index is -3.73. The molecule has 0 bridgehead atoms. The molecule has 3 aromatic rings. The van der Waals surface area contributed by atoms with Crippen molar-refractivity contribution in [3.05, 3.63) is 66.6 Å². The van der Waals surface area contributed by atoms with Crippen molar-refractivity contribution in [1.82, 2.24) is 14.3 Å². The Labute approximate surface area is 188 Å². The van der Waals surface area contributed by atoms with Crippen molar-refractivity contribution < 1.29 is 18.3 Å². The summed E-state index contributed by atoms with van der Waals surface area (Å²) in [6.07, 6.45) is 4.66. The van der Waals surface area contributed by atoms with Crippen molar-refractivity contribution in [2.45, 2.75) is 30.4 Å². The highest BCUT2D eigenvalue weighted by Crippen LogP contribution is 2.30. The Morgan fingerprint density at radius 2 is 1.91 bits per heavy atom. The Hall–Kier alpha value is -3.01. The lowest BCUT2D eigenvalue weighted by molar-refractivity contribution is 0.0949. The van der Waals surface area contributed by atoms with Crippen LogP contribution in [0.3, 0.4) is 0 Å². The minimum Gasteiger partial charge on any atom is -0.494 e. The number of nitrogens with zero attached hydrogens (tertiary/aromatic N) is 3. The van der Waals surface area contributed by atoms with Gasteiger partial charge in [-0.1, -0.05) is 18.2 Å². The molecule has 0 amide bonds. The summed E-state index contributed by atoms with van der Waals surface area (Å²) in [4.78, 5) is 8.53. The van der Waals surface area contributed by atoms with Gasteiger partial charge in [0.1, 0.15) is 11.6 Å². The van der Waals surface area contributed by atoms with Gasteiger partial charge in [0.15, 0.2) is 0 Å². The number of aliphatic hydroxyl groups excluding tert-OH is 1. The second-order valence-corrected chi connectivity index (χ2v) is 9.73. The molecule has 0 aliphatic carbocycles. The Bertz CT molecular complexity index is 1170. The van der Waals surface area contributed by atoms with Gasteiger partial charge in [-0.25, -0.2) is 13.4 Å². The van der Waals surface area contributed by atoms with Crippen molar-refractivity contribution in [2.75, 3.05) is 25.5 Å². The van der Waals surface area contributed by atoms with Crippen LogP contribution in [0.2, 0.25) is 0 Å². The van der Waals surface area contributed by atoms with Gasteiger partial charge in [0.2, 0.25) is 10.0 Å². The lowest BCUT2D eigenvalue weighted by atomic mass is 10.0. The Morgan fingerprint density at radius 3 is 2.56 bits per heavy atom. The van der Waals surface area contributed by atoms with E-state index in [0.29, 0.717) is 24.5 Å². The van der Waals surface area contributed by atoms with E-state index in [4.69, 9.17) is 4.74 Å². The molecule has 168 valence electrons. The number of piperidine rings is 1. The van der Waals surface area contributed by atoms with E-state index in [1.165, 1.54) is 4.31 Å². The van der Waals surface area contributed by atoms with E-state index in [9.17, 15) is 13.5 Å². The fraction of sp³-hybridized carbons (Fsp3) is 0.304. The van der Waals surface area contributed by atoms with Gasteiger partial charge >= 0.3 is 0 Å². The summed E-state index contributed by atoms with van der Waals surface area (Å²) in [5.41, 5.74) is 2.71. The van der Waals surface area contributed by atoms with Crippen molar-refractivity contribution >= 4 is 15.8 Å². The third-order valence-corrected chi connectivity index (χ3v) is 7.48. The predicted octanol–water partition coefficient (Wildman–Crippen LogP) is 2.70. The molecular weight excluding hydrogens is 428 g/mol. The first-order valence-electron chi connectivity index (χ1n) is 10.3. The van der Waals surface area contributed by atoms with Crippen LogP contribution in [0.15, 0.2) is 66.0 Å². The zero-order valence-corrected chi connectivity index (χ0v) is 18.8. The predicted molar refractivity (Wildman–Crippen MR) is 122 cm³/mol. The molecule has 0 unspecified atom stereocenters. The van der Waals surface area contributed by atoms with Gasteiger partial charge in [-0.15, -0.1) is 0 Å². The summed E-state index contributed by atoms with van der Waals surface area (Å²) < 4.78 is 33.0. The van der Waals surface area contributed by atoms with Gasteiger partial charge in [0.25, 0.3) is 0 Å². The Balaban J connectivity index is 1.46. The monoisotopic (exact) mass is 454 g/mol. The molecular formula is C23H26N4O4S. The van der Waals surface area contributed by atoms with Crippen LogP contribution in [0.4, 0.5) is 5.82 Å². The first kappa shape index (κ1) is 22.2. The molecule has 3 heterocycles. The summed E-state index contributed by atoms with van der Waals surface area (Å²) in [6, 6.07) is 12.0. The molecule has 1 aromatic carbocycles. The molecule has 0 radical (unpaired) electrons. The number of aromatic nitrogens is 2. The van der Waals surface area contributed by atoms with Crippen LogP contribution in [-0.2, 0) is 10.0 Å². The quantitative estimate of drug-likeness (QED) is 0.590. The van der Waals surface area contributed by atoms with Gasteiger partial charge in [-0.3, -0.25) is 4.98 Å². The number of aliphatic hydroxyl groups is 1. The third kappa shape index (κ3) is 4.59. The molecule has 1 aliphatic heterocycles. The number of benzene rings is 1. The van der Waals surface area contributed by atoms with E-state index in [0.717, 1.165) is 16.7 Å². The maximum Gasteiger partial charge on any atom is 0.243 e. The number of aryl methyl sites for hydroxylation is 1. The average Bonchev–Trinajstić information content (AvgIpc) is 2.81. The second-order valence-electron chi connectivity index (χ2n) is 7.79. The van der Waals surface area contributed by atoms with Gasteiger partial charge in [-0.05, 0) is 48.7 Å². The van der Waals surface area contributed by atoms with E-state index < -0.39 is 16.1 Å². The number of rotatable bonds is 6. The van der Waals surface area contributed by atoms with E-state index in [1.54, 1.807) is 50.0 Å². The number of sulfonamides is 1. The Kier molecular flexibility index (Phi) is 6.40. The molecule has 0 saturated carbocycles. The number of hydrogen-bond donors (Lipinski definition) is 2. The second kappa shape index (κ2) is 9.23. The molecule has 32 heavy (non-hydrogen) atoms. The van der Waals surface area contributed by atoms with Crippen LogP contribution in [0.1, 0.15) is 12.0 Å². The zero-order chi connectivity index (χ0) is 22.7. The average molecular weight is 455 g/mol. The van der Waals surface area contributed by atoms with E-state index in [1.807, 2.05) is 25.1 Å². The number of pyridine rings is 2. The van der Waals surface area contributed by atoms with E-state index >= 15 is 0 Å². The summed E-state index contributed by atoms with van der Waals surface area (Å²) in [6.45, 7) is 2.28. The molecule has 2 N–H and O–H groups in total. The number of ether oxygens (including phenoxy) is 1. The topological polar surface area (TPSA) is 105 Å². The van der Waals surface area contributed by atoms with Gasteiger partial charge < -0.3 is 15.2 Å². The largest absolute Gasteiger partial charge is 0.494 e. The summed E-state index contributed by atoms with van der Waals surface area (Å²) in [7, 11) is -2.16. The fourth-order valence-corrected chi connectivity index (χ4v) is 5.24. The zero-order valence-electron chi connectivity index (χ0n) is 18.0. The smallest absolute Gasteiger partial charge is 0.243 e. The number of methoxy groups -OCH3 is 1. The van der Waals surface area contributed by atoms with Crippen LogP contribution < -0.4 is 10.1 Å². The normalized spacial score (nSPS) is 19.5. The standard InChI is InChI=1S/C23H26N4O4S/c1-16-3-8-23(25-13-16)26-20-10-12-27(15-21(20)28)32(29,30)18-6-4-17(5-7-18)19-9-11-24-14-22(19)31-2/h3-9,11,13-14,20-21,28H,10,12,15H2,1-2H3,(H,25,26)/t20-,21+/m1/s1. The van der Waals surface area contributed by atoms with Gasteiger partial charge in [0.05, 0.1) is 30.3 Å². The maximum absolute atomic E-state index is 13.2. The van der Waals surface area contributed by atoms with Gasteiger partial charge in [-0.2, -0.15) is 4.31 Å². The Morgan fingerprint density at radius 1 is 1.12 bits per heavy atom. The van der Waals surface area contributed by atoms with E-state index in [-0.39, 0.29) is 17.5 Å². The minimum absolute atomic E-state index is 0.0196. The lowest BCUT2D eigenvalue weighted by Gasteiger charge is -2.35. The lowest BCUT2D eigenvalue weighted by Crippen LogP contribution is -2.51.